The summed E-state index contributed by atoms with van der Waals surface area (Å²) in [5, 5.41) is 18.0. The monoisotopic (exact) mass is 212 g/mol. The van der Waals surface area contributed by atoms with Gasteiger partial charge in [-0.2, -0.15) is 0 Å². The molecule has 0 fully saturated rings. The second kappa shape index (κ2) is 4.83. The first-order chi connectivity index (χ1) is 5.93. The average Bonchev–Trinajstić information content (AvgIpc) is 2.05. The number of hydrogen-bond acceptors (Lipinski definition) is 6. The van der Waals surface area contributed by atoms with Gasteiger partial charge in [-0.1, -0.05) is 0 Å². The molecule has 6 nitrogen and oxygen atoms in total. The van der Waals surface area contributed by atoms with Gasteiger partial charge in [0.25, 0.3) is 0 Å². The van der Waals surface area contributed by atoms with E-state index in [0.717, 1.165) is 0 Å². The summed E-state index contributed by atoms with van der Waals surface area (Å²) in [5.41, 5.74) is -3.07. The Labute approximate surface area is 76.0 Å². The predicted octanol–water partition coefficient (Wildman–Crippen LogP) is 0.0898. The highest BCUT2D eigenvalue weighted by molar-refractivity contribution is 7.56. The molecule has 0 aromatic carbocycles. The van der Waals surface area contributed by atoms with Crippen LogP contribution in [-0.2, 0) is 18.4 Å². The molecule has 0 amide bonds. The number of carbonyl (C=O) groups excluding carboxylic acids is 1. The van der Waals surface area contributed by atoms with Crippen LogP contribution < -0.4 is 0 Å². The normalized spacial score (nSPS) is 12.9. The van der Waals surface area contributed by atoms with Crippen LogP contribution in [0.3, 0.4) is 0 Å². The van der Waals surface area contributed by atoms with Crippen molar-refractivity contribution in [1.29, 1.82) is 0 Å². The summed E-state index contributed by atoms with van der Waals surface area (Å²) in [5.74, 6) is 0. The largest absolute Gasteiger partial charge is 0.397 e. The third-order valence-electron chi connectivity index (χ3n) is 1.16. The summed E-state index contributed by atoms with van der Waals surface area (Å²) >= 11 is 0. The first kappa shape index (κ1) is 12.7. The van der Waals surface area contributed by atoms with E-state index in [1.807, 2.05) is 0 Å². The van der Waals surface area contributed by atoms with Crippen LogP contribution in [0.4, 0.5) is 0 Å². The predicted molar refractivity (Wildman–Crippen MR) is 44.1 cm³/mol. The van der Waals surface area contributed by atoms with E-state index in [1.165, 1.54) is 13.8 Å². The van der Waals surface area contributed by atoms with E-state index in [9.17, 15) is 9.36 Å². The van der Waals surface area contributed by atoms with Gasteiger partial charge in [-0.05, 0) is 13.8 Å². The molecule has 78 valence electrons. The van der Waals surface area contributed by atoms with Crippen LogP contribution in [0.25, 0.3) is 0 Å². The molecule has 0 aromatic rings. The molecule has 0 aliphatic carbocycles. The van der Waals surface area contributed by atoms with Crippen molar-refractivity contribution in [3.63, 3.8) is 0 Å². The fourth-order valence-corrected chi connectivity index (χ4v) is 1.90. The number of hydrogen-bond donors (Lipinski definition) is 2. The van der Waals surface area contributed by atoms with Crippen LogP contribution >= 0.6 is 7.60 Å². The Bertz CT molecular complexity index is 203. The van der Waals surface area contributed by atoms with Crippen LogP contribution in [0, 0.1) is 0 Å². The van der Waals surface area contributed by atoms with Crippen LogP contribution in [0.1, 0.15) is 13.8 Å². The van der Waals surface area contributed by atoms with Crippen molar-refractivity contribution in [1.82, 2.24) is 0 Å². The van der Waals surface area contributed by atoms with E-state index >= 15 is 0 Å². The zero-order valence-corrected chi connectivity index (χ0v) is 8.36. The Morgan fingerprint density at radius 3 is 1.92 bits per heavy atom. The van der Waals surface area contributed by atoms with Gasteiger partial charge < -0.3 is 19.3 Å². The maximum absolute atomic E-state index is 11.5. The summed E-state index contributed by atoms with van der Waals surface area (Å²) < 4.78 is 20.5. The Balaban J connectivity index is 4.77. The Morgan fingerprint density at radius 1 is 1.31 bits per heavy atom. The summed E-state index contributed by atoms with van der Waals surface area (Å²) in [6, 6.07) is 0. The molecule has 2 N–H and O–H groups in total. The van der Waals surface area contributed by atoms with Crippen LogP contribution in [-0.4, -0.2) is 35.2 Å². The zero-order chi connectivity index (χ0) is 10.5. The van der Waals surface area contributed by atoms with Crippen molar-refractivity contribution in [2.45, 2.75) is 19.4 Å². The quantitative estimate of drug-likeness (QED) is 0.368. The minimum atomic E-state index is -4.18. The first-order valence-electron chi connectivity index (χ1n) is 3.73. The second-order valence-corrected chi connectivity index (χ2v) is 4.31. The van der Waals surface area contributed by atoms with Gasteiger partial charge in [-0.3, -0.25) is 9.36 Å². The highest BCUT2D eigenvalue weighted by Gasteiger charge is 2.48. The maximum Gasteiger partial charge on any atom is 0.397 e. The van der Waals surface area contributed by atoms with E-state index in [1.54, 1.807) is 0 Å². The number of rotatable bonds is 6. The first-order valence-corrected chi connectivity index (χ1v) is 5.28. The fourth-order valence-electron chi connectivity index (χ4n) is 0.632. The fraction of sp³-hybridized carbons (Fsp3) is 0.833. The Hall–Kier alpha value is -0.260. The van der Waals surface area contributed by atoms with E-state index < -0.39 is 13.1 Å². The summed E-state index contributed by atoms with van der Waals surface area (Å²) in [6.07, 6.45) is -0.279. The molecule has 0 rings (SSSR count). The molecule has 0 heterocycles. The molecular weight excluding hydrogens is 199 g/mol. The smallest absolute Gasteiger partial charge is 0.350 e. The minimum absolute atomic E-state index is 0.0476. The lowest BCUT2D eigenvalue weighted by atomic mass is 10.7. The topological polar surface area (TPSA) is 93.1 Å². The number of aliphatic hydroxyl groups is 2. The van der Waals surface area contributed by atoms with E-state index in [-0.39, 0.29) is 19.5 Å². The molecule has 0 unspecified atom stereocenters. The SMILES string of the molecule is CCOP(=O)(OCC)C(O)(O)C=O. The van der Waals surface area contributed by atoms with Crippen molar-refractivity contribution in [2.24, 2.45) is 0 Å². The highest BCUT2D eigenvalue weighted by atomic mass is 31.2. The lowest BCUT2D eigenvalue weighted by molar-refractivity contribution is -0.147. The molecule has 0 aromatic heterocycles. The van der Waals surface area contributed by atoms with Crippen molar-refractivity contribution in [2.75, 3.05) is 13.2 Å². The van der Waals surface area contributed by atoms with Gasteiger partial charge in [0.15, 0.2) is 6.29 Å². The maximum atomic E-state index is 11.5. The van der Waals surface area contributed by atoms with Crippen molar-refractivity contribution >= 4 is 13.9 Å². The third-order valence-corrected chi connectivity index (χ3v) is 3.27. The lowest BCUT2D eigenvalue weighted by Crippen LogP contribution is -2.32. The van der Waals surface area contributed by atoms with Crippen LogP contribution in [0.15, 0.2) is 0 Å². The van der Waals surface area contributed by atoms with E-state index in [2.05, 4.69) is 9.05 Å². The number of carbonyl (C=O) groups is 1. The average molecular weight is 212 g/mol. The molecule has 0 spiro atoms. The van der Waals surface area contributed by atoms with Gasteiger partial charge in [0.1, 0.15) is 0 Å². The standard InChI is InChI=1S/C6H13O6P/c1-3-11-13(10,12-4-2)6(8,9)5-7/h5,8-9H,3-4H2,1-2H3. The van der Waals surface area contributed by atoms with Gasteiger partial charge >= 0.3 is 13.1 Å². The highest BCUT2D eigenvalue weighted by Crippen LogP contribution is 2.56. The molecule has 0 atom stereocenters. The number of aldehydes is 1. The molecule has 0 saturated heterocycles. The molecular formula is C6H13O6P. The second-order valence-electron chi connectivity index (χ2n) is 2.14. The van der Waals surface area contributed by atoms with Crippen molar-refractivity contribution in [3.8, 4) is 0 Å². The van der Waals surface area contributed by atoms with Crippen molar-refractivity contribution in [3.05, 3.63) is 0 Å². The Morgan fingerprint density at radius 2 is 1.69 bits per heavy atom. The summed E-state index contributed by atoms with van der Waals surface area (Å²) in [6.45, 7) is 2.89. The van der Waals surface area contributed by atoms with E-state index in [4.69, 9.17) is 10.2 Å². The van der Waals surface area contributed by atoms with Crippen LogP contribution in [0.5, 0.6) is 0 Å². The molecule has 0 aliphatic heterocycles. The minimum Gasteiger partial charge on any atom is -0.350 e. The molecule has 0 aliphatic rings. The van der Waals surface area contributed by atoms with Gasteiger partial charge in [0.05, 0.1) is 13.2 Å². The summed E-state index contributed by atoms with van der Waals surface area (Å²) in [4.78, 5) is 10.2. The lowest BCUT2D eigenvalue weighted by Gasteiger charge is -2.24. The summed E-state index contributed by atoms with van der Waals surface area (Å²) in [7, 11) is -4.18. The van der Waals surface area contributed by atoms with Gasteiger partial charge in [-0.15, -0.1) is 0 Å². The molecule has 0 saturated carbocycles. The van der Waals surface area contributed by atoms with Gasteiger partial charge in [-0.25, -0.2) is 0 Å². The van der Waals surface area contributed by atoms with Crippen LogP contribution in [0.2, 0.25) is 0 Å². The Kier molecular flexibility index (Phi) is 4.74. The third kappa shape index (κ3) is 2.86. The molecule has 0 bridgehead atoms. The van der Waals surface area contributed by atoms with Gasteiger partial charge in [0, 0.05) is 0 Å². The molecule has 7 heteroatoms. The zero-order valence-electron chi connectivity index (χ0n) is 7.47. The molecule has 0 radical (unpaired) electrons. The van der Waals surface area contributed by atoms with E-state index in [0.29, 0.717) is 0 Å². The van der Waals surface area contributed by atoms with Gasteiger partial charge in [0.2, 0.25) is 0 Å². The van der Waals surface area contributed by atoms with Crippen molar-refractivity contribution < 1.29 is 28.6 Å². The molecule has 13 heavy (non-hydrogen) atoms.